The molecule has 1 N–H and O–H groups in total. The summed E-state index contributed by atoms with van der Waals surface area (Å²) in [5.41, 5.74) is 2.20. The minimum atomic E-state index is -0.438. The third-order valence-electron chi connectivity index (χ3n) is 3.90. The second-order valence-electron chi connectivity index (χ2n) is 5.26. The van der Waals surface area contributed by atoms with Crippen LogP contribution in [0.25, 0.3) is 0 Å². The van der Waals surface area contributed by atoms with Crippen molar-refractivity contribution in [2.45, 2.75) is 23.4 Å². The fraction of sp³-hybridized carbons (Fsp3) is 0.278. The maximum Gasteiger partial charge on any atom is 0.327 e. The monoisotopic (exact) mass is 313 g/mol. The van der Waals surface area contributed by atoms with E-state index in [-0.39, 0.29) is 12.0 Å². The lowest BCUT2D eigenvalue weighted by Gasteiger charge is -2.29. The van der Waals surface area contributed by atoms with Gasteiger partial charge in [0.15, 0.2) is 0 Å². The Labute approximate surface area is 135 Å². The van der Waals surface area contributed by atoms with Gasteiger partial charge in [0.2, 0.25) is 0 Å². The highest BCUT2D eigenvalue weighted by Gasteiger charge is 2.28. The van der Waals surface area contributed by atoms with E-state index in [0.717, 1.165) is 17.7 Å². The number of hydrogen-bond donors (Lipinski definition) is 1. The normalized spacial score (nSPS) is 18.3. The average molecular weight is 313 g/mol. The van der Waals surface area contributed by atoms with E-state index in [1.165, 1.54) is 17.6 Å². The first-order valence-electron chi connectivity index (χ1n) is 7.40. The Bertz CT molecular complexity index is 645. The smallest absolute Gasteiger partial charge is 0.327 e. The molecule has 1 aliphatic rings. The number of carbonyl (C=O) groups is 1. The maximum absolute atomic E-state index is 12.2. The number of methoxy groups -OCH3 is 1. The van der Waals surface area contributed by atoms with Gasteiger partial charge < -0.3 is 4.74 Å². The van der Waals surface area contributed by atoms with Crippen LogP contribution in [0.1, 0.15) is 29.6 Å². The van der Waals surface area contributed by atoms with Crippen LogP contribution in [0, 0.1) is 0 Å². The Hall–Kier alpha value is -1.78. The Balaban J connectivity index is 1.87. The van der Waals surface area contributed by atoms with Crippen LogP contribution >= 0.6 is 11.8 Å². The number of rotatable bonds is 4. The van der Waals surface area contributed by atoms with E-state index < -0.39 is 6.04 Å². The fourth-order valence-corrected chi connectivity index (χ4v) is 3.91. The highest BCUT2D eigenvalue weighted by atomic mass is 32.2. The Kier molecular flexibility index (Phi) is 4.80. The van der Waals surface area contributed by atoms with Gasteiger partial charge in [-0.1, -0.05) is 48.5 Å². The van der Waals surface area contributed by atoms with Crippen LogP contribution in [-0.2, 0) is 9.53 Å². The van der Waals surface area contributed by atoms with Gasteiger partial charge in [0.25, 0.3) is 0 Å². The van der Waals surface area contributed by atoms with Crippen LogP contribution in [0.2, 0.25) is 0 Å². The standard InChI is InChI=1S/C18H19NO2S/c1-21-18(20)17(13-7-3-2-4-8-13)19-15-11-12-22-16-10-6-5-9-14(15)16/h2-10,15,17,19H,11-12H2,1H3/t15-,17+/m0/s1. The molecule has 3 rings (SSSR count). The quantitative estimate of drug-likeness (QED) is 0.873. The first-order valence-corrected chi connectivity index (χ1v) is 8.38. The van der Waals surface area contributed by atoms with Gasteiger partial charge in [0.1, 0.15) is 6.04 Å². The van der Waals surface area contributed by atoms with Crippen molar-refractivity contribution in [3.05, 3.63) is 65.7 Å². The molecular formula is C18H19NO2S. The van der Waals surface area contributed by atoms with Gasteiger partial charge in [-0.25, -0.2) is 4.79 Å². The third kappa shape index (κ3) is 3.18. The van der Waals surface area contributed by atoms with Crippen molar-refractivity contribution in [1.29, 1.82) is 0 Å². The summed E-state index contributed by atoms with van der Waals surface area (Å²) < 4.78 is 4.99. The molecule has 0 saturated carbocycles. The minimum absolute atomic E-state index is 0.168. The number of fused-ring (bicyclic) bond motifs is 1. The number of nitrogens with one attached hydrogen (secondary N) is 1. The van der Waals surface area contributed by atoms with Gasteiger partial charge in [0, 0.05) is 10.9 Å². The van der Waals surface area contributed by atoms with Crippen LogP contribution in [0.4, 0.5) is 0 Å². The zero-order valence-corrected chi connectivity index (χ0v) is 13.3. The van der Waals surface area contributed by atoms with Crippen LogP contribution in [0.15, 0.2) is 59.5 Å². The topological polar surface area (TPSA) is 38.3 Å². The van der Waals surface area contributed by atoms with Gasteiger partial charge in [-0.15, -0.1) is 11.8 Å². The molecule has 0 saturated heterocycles. The summed E-state index contributed by atoms with van der Waals surface area (Å²) in [4.78, 5) is 13.5. The van der Waals surface area contributed by atoms with E-state index in [4.69, 9.17) is 4.74 Å². The van der Waals surface area contributed by atoms with E-state index in [1.807, 2.05) is 42.1 Å². The van der Waals surface area contributed by atoms with Crippen molar-refractivity contribution < 1.29 is 9.53 Å². The van der Waals surface area contributed by atoms with Gasteiger partial charge in [-0.05, 0) is 29.4 Å². The van der Waals surface area contributed by atoms with Crippen molar-refractivity contribution in [3.8, 4) is 0 Å². The average Bonchev–Trinajstić information content (AvgIpc) is 2.60. The molecule has 2 atom stereocenters. The Morgan fingerprint density at radius 3 is 2.68 bits per heavy atom. The SMILES string of the molecule is COC(=O)[C@H](N[C@H]1CCSc2ccccc21)c1ccccc1. The van der Waals surface area contributed by atoms with Crippen LogP contribution in [0.3, 0.4) is 0 Å². The predicted molar refractivity (Wildman–Crippen MR) is 88.9 cm³/mol. The largest absolute Gasteiger partial charge is 0.468 e. The van der Waals surface area contributed by atoms with Gasteiger partial charge in [0.05, 0.1) is 7.11 Å². The zero-order valence-electron chi connectivity index (χ0n) is 12.5. The van der Waals surface area contributed by atoms with Crippen molar-refractivity contribution in [3.63, 3.8) is 0 Å². The summed E-state index contributed by atoms with van der Waals surface area (Å²) in [7, 11) is 1.44. The molecule has 0 fully saturated rings. The van der Waals surface area contributed by atoms with Gasteiger partial charge in [-0.3, -0.25) is 5.32 Å². The van der Waals surface area contributed by atoms with Crippen molar-refractivity contribution >= 4 is 17.7 Å². The predicted octanol–water partition coefficient (Wildman–Crippen LogP) is 3.73. The second-order valence-corrected chi connectivity index (χ2v) is 6.40. The number of thioether (sulfide) groups is 1. The highest BCUT2D eigenvalue weighted by molar-refractivity contribution is 7.99. The van der Waals surface area contributed by atoms with E-state index in [1.54, 1.807) is 0 Å². The summed E-state index contributed by atoms with van der Waals surface area (Å²) in [6.07, 6.45) is 1.00. The molecule has 0 aliphatic carbocycles. The summed E-state index contributed by atoms with van der Waals surface area (Å²) in [5, 5.41) is 3.49. The van der Waals surface area contributed by atoms with Crippen LogP contribution in [-0.4, -0.2) is 18.8 Å². The molecule has 2 aromatic carbocycles. The van der Waals surface area contributed by atoms with E-state index in [9.17, 15) is 4.79 Å². The lowest BCUT2D eigenvalue weighted by molar-refractivity contribution is -0.143. The van der Waals surface area contributed by atoms with Crippen LogP contribution < -0.4 is 5.32 Å². The molecule has 1 aliphatic heterocycles. The summed E-state index contributed by atoms with van der Waals surface area (Å²) >= 11 is 1.87. The Morgan fingerprint density at radius 2 is 1.91 bits per heavy atom. The molecular weight excluding hydrogens is 294 g/mol. The summed E-state index contributed by atoms with van der Waals surface area (Å²) in [6, 6.07) is 17.9. The number of ether oxygens (including phenoxy) is 1. The first kappa shape index (κ1) is 15.1. The molecule has 2 aromatic rings. The first-order chi connectivity index (χ1) is 10.8. The maximum atomic E-state index is 12.2. The summed E-state index contributed by atoms with van der Waals surface area (Å²) in [5.74, 6) is 0.805. The van der Waals surface area contributed by atoms with E-state index in [0.29, 0.717) is 0 Å². The van der Waals surface area contributed by atoms with Crippen molar-refractivity contribution in [2.24, 2.45) is 0 Å². The number of carbonyl (C=O) groups excluding carboxylic acids is 1. The van der Waals surface area contributed by atoms with Crippen LogP contribution in [0.5, 0.6) is 0 Å². The lowest BCUT2D eigenvalue weighted by Crippen LogP contribution is -2.34. The molecule has 114 valence electrons. The molecule has 0 spiro atoms. The molecule has 22 heavy (non-hydrogen) atoms. The zero-order chi connectivity index (χ0) is 15.4. The Morgan fingerprint density at radius 1 is 1.18 bits per heavy atom. The molecule has 0 aromatic heterocycles. The molecule has 3 nitrogen and oxygen atoms in total. The third-order valence-corrected chi connectivity index (χ3v) is 5.02. The fourth-order valence-electron chi connectivity index (χ4n) is 2.78. The number of hydrogen-bond acceptors (Lipinski definition) is 4. The summed E-state index contributed by atoms with van der Waals surface area (Å²) in [6.45, 7) is 0. The van der Waals surface area contributed by atoms with Crippen molar-refractivity contribution in [2.75, 3.05) is 12.9 Å². The lowest BCUT2D eigenvalue weighted by atomic mass is 10.00. The molecule has 0 unspecified atom stereocenters. The highest BCUT2D eigenvalue weighted by Crippen LogP contribution is 2.37. The van der Waals surface area contributed by atoms with Gasteiger partial charge in [-0.2, -0.15) is 0 Å². The van der Waals surface area contributed by atoms with E-state index in [2.05, 4.69) is 29.6 Å². The van der Waals surface area contributed by atoms with Crippen molar-refractivity contribution in [1.82, 2.24) is 5.32 Å². The number of esters is 1. The molecule has 4 heteroatoms. The second kappa shape index (κ2) is 6.99. The van der Waals surface area contributed by atoms with E-state index >= 15 is 0 Å². The number of benzene rings is 2. The van der Waals surface area contributed by atoms with Gasteiger partial charge >= 0.3 is 5.97 Å². The molecule has 0 amide bonds. The molecule has 0 bridgehead atoms. The molecule has 1 heterocycles. The minimum Gasteiger partial charge on any atom is -0.468 e. The molecule has 0 radical (unpaired) electrons.